The third kappa shape index (κ3) is 4.20. The number of hydrogen-bond donors (Lipinski definition) is 1. The van der Waals surface area contributed by atoms with E-state index in [1.165, 1.54) is 17.8 Å². The van der Waals surface area contributed by atoms with E-state index in [0.29, 0.717) is 10.0 Å². The van der Waals surface area contributed by atoms with Crippen molar-refractivity contribution in [1.82, 2.24) is 4.72 Å². The van der Waals surface area contributed by atoms with E-state index in [-0.39, 0.29) is 6.04 Å². The molecule has 0 aliphatic heterocycles. The van der Waals surface area contributed by atoms with Gasteiger partial charge >= 0.3 is 0 Å². The zero-order valence-corrected chi connectivity index (χ0v) is 14.4. The number of benzene rings is 1. The third-order valence-electron chi connectivity index (χ3n) is 3.92. The van der Waals surface area contributed by atoms with Crippen molar-refractivity contribution in [3.8, 4) is 0 Å². The zero-order chi connectivity index (χ0) is 16.1. The van der Waals surface area contributed by atoms with Crippen LogP contribution in [0, 0.1) is 0 Å². The molecule has 1 aromatic carbocycles. The van der Waals surface area contributed by atoms with Gasteiger partial charge in [0, 0.05) is 5.56 Å². The molecular weight excluding hydrogens is 328 g/mol. The molecule has 1 heterocycles. The molecule has 0 radical (unpaired) electrons. The highest BCUT2D eigenvalue weighted by molar-refractivity contribution is 7.92. The second-order valence-electron chi connectivity index (χ2n) is 5.67. The van der Waals surface area contributed by atoms with E-state index in [9.17, 15) is 8.42 Å². The maximum absolute atomic E-state index is 12.5. The van der Waals surface area contributed by atoms with E-state index >= 15 is 0 Å². The minimum Gasteiger partial charge on any atom is -0.264 e. The Hall–Kier alpha value is -1.66. The fourth-order valence-electron chi connectivity index (χ4n) is 2.74. The summed E-state index contributed by atoms with van der Waals surface area (Å²) >= 11 is 1.21. The maximum atomic E-state index is 12.5. The molecule has 2 aromatic rings. The molecule has 1 saturated carbocycles. The van der Waals surface area contributed by atoms with Gasteiger partial charge in [-0.1, -0.05) is 55.7 Å². The van der Waals surface area contributed by atoms with Gasteiger partial charge < -0.3 is 0 Å². The first-order valence-electron chi connectivity index (χ1n) is 7.85. The molecule has 1 fully saturated rings. The number of rotatable bonds is 4. The Bertz CT molecular complexity index is 747. The van der Waals surface area contributed by atoms with Gasteiger partial charge in [-0.25, -0.2) is 8.42 Å². The summed E-state index contributed by atoms with van der Waals surface area (Å²) in [5.74, 6) is 0.450. The number of thiophene rings is 1. The first-order chi connectivity index (χ1) is 11.1. The molecule has 1 aliphatic carbocycles. The van der Waals surface area contributed by atoms with E-state index in [2.05, 4.69) is 4.72 Å². The second-order valence-corrected chi connectivity index (χ2v) is 8.53. The normalized spacial score (nSPS) is 17.1. The lowest BCUT2D eigenvalue weighted by atomic mass is 9.96. The van der Waals surface area contributed by atoms with Crippen molar-refractivity contribution in [2.45, 2.75) is 42.4 Å². The number of sulfonamides is 1. The van der Waals surface area contributed by atoms with Crippen molar-refractivity contribution in [2.75, 3.05) is 0 Å². The summed E-state index contributed by atoms with van der Waals surface area (Å²) in [5, 5.41) is 1.76. The quantitative estimate of drug-likeness (QED) is 0.675. The van der Waals surface area contributed by atoms with Crippen LogP contribution in [-0.4, -0.2) is 20.3 Å². The molecule has 4 nitrogen and oxygen atoms in total. The fraction of sp³-hybridized carbons (Fsp3) is 0.353. The van der Waals surface area contributed by atoms with Gasteiger partial charge in [0.1, 0.15) is 10.0 Å². The molecule has 23 heavy (non-hydrogen) atoms. The van der Waals surface area contributed by atoms with Crippen LogP contribution in [0.3, 0.4) is 0 Å². The lowest BCUT2D eigenvalue weighted by Crippen LogP contribution is -2.32. The van der Waals surface area contributed by atoms with E-state index < -0.39 is 10.0 Å². The number of aliphatic imine (C=N–C) groups is 1. The van der Waals surface area contributed by atoms with Gasteiger partial charge in [-0.2, -0.15) is 0 Å². The number of hydrogen-bond acceptors (Lipinski definition) is 4. The zero-order valence-electron chi connectivity index (χ0n) is 12.8. The lowest BCUT2D eigenvalue weighted by molar-refractivity contribution is 0.443. The van der Waals surface area contributed by atoms with Gasteiger partial charge in [-0.15, -0.1) is 11.3 Å². The monoisotopic (exact) mass is 348 g/mol. The Balaban J connectivity index is 1.91. The number of amidine groups is 1. The summed E-state index contributed by atoms with van der Waals surface area (Å²) in [5.41, 5.74) is 0.804. The predicted molar refractivity (Wildman–Crippen MR) is 94.5 cm³/mol. The van der Waals surface area contributed by atoms with E-state index in [4.69, 9.17) is 4.99 Å². The van der Waals surface area contributed by atoms with Crippen LogP contribution in [0.2, 0.25) is 0 Å². The first kappa shape index (κ1) is 16.2. The number of nitrogens with zero attached hydrogens (tertiary/aromatic N) is 1. The maximum Gasteiger partial charge on any atom is 0.272 e. The van der Waals surface area contributed by atoms with Crippen molar-refractivity contribution in [3.63, 3.8) is 0 Å². The summed E-state index contributed by atoms with van der Waals surface area (Å²) in [7, 11) is -3.58. The van der Waals surface area contributed by atoms with Crippen LogP contribution in [0.25, 0.3) is 0 Å². The average Bonchev–Trinajstić information content (AvgIpc) is 3.11. The fourth-order valence-corrected chi connectivity index (χ4v) is 4.77. The van der Waals surface area contributed by atoms with Crippen LogP contribution in [0.1, 0.15) is 37.7 Å². The van der Waals surface area contributed by atoms with Gasteiger partial charge in [0.25, 0.3) is 10.0 Å². The molecule has 0 saturated heterocycles. The molecule has 0 bridgehead atoms. The predicted octanol–water partition coefficient (Wildman–Crippen LogP) is 3.81. The Morgan fingerprint density at radius 1 is 1.04 bits per heavy atom. The standard InChI is InChI=1S/C17H20N2O2S2/c20-23(21,16-12-7-13-22-16)19-17(14-8-3-1-4-9-14)18-15-10-5-2-6-11-15/h1,3-4,7-9,12-13,15H,2,5-6,10-11H2,(H,18,19). The highest BCUT2D eigenvalue weighted by Gasteiger charge is 2.20. The summed E-state index contributed by atoms with van der Waals surface area (Å²) in [6.07, 6.45) is 5.61. The molecule has 1 N–H and O–H groups in total. The second kappa shape index (κ2) is 7.27. The van der Waals surface area contributed by atoms with E-state index in [1.807, 2.05) is 30.3 Å². The van der Waals surface area contributed by atoms with Gasteiger partial charge in [0.15, 0.2) is 0 Å². The molecular formula is C17H20N2O2S2. The first-order valence-corrected chi connectivity index (χ1v) is 10.2. The minimum atomic E-state index is -3.58. The average molecular weight is 348 g/mol. The highest BCUT2D eigenvalue weighted by Crippen LogP contribution is 2.22. The topological polar surface area (TPSA) is 58.5 Å². The Morgan fingerprint density at radius 3 is 2.43 bits per heavy atom. The molecule has 6 heteroatoms. The molecule has 122 valence electrons. The van der Waals surface area contributed by atoms with E-state index in [1.54, 1.807) is 17.5 Å². The molecule has 0 amide bonds. The molecule has 0 spiro atoms. The SMILES string of the molecule is O=S(=O)(NC(=NC1CCCCC1)c1ccccc1)c1cccs1. The molecule has 0 unspecified atom stereocenters. The Kier molecular flexibility index (Phi) is 5.13. The summed E-state index contributed by atoms with van der Waals surface area (Å²) in [6.45, 7) is 0. The Morgan fingerprint density at radius 2 is 1.78 bits per heavy atom. The molecule has 1 aliphatic rings. The van der Waals surface area contributed by atoms with Crippen LogP contribution in [0.5, 0.6) is 0 Å². The Labute approximate surface area is 141 Å². The summed E-state index contributed by atoms with van der Waals surface area (Å²) in [6, 6.07) is 13.0. The summed E-state index contributed by atoms with van der Waals surface area (Å²) in [4.78, 5) is 4.73. The van der Waals surface area contributed by atoms with Crippen LogP contribution >= 0.6 is 11.3 Å². The van der Waals surface area contributed by atoms with Crippen molar-refractivity contribution < 1.29 is 8.42 Å². The highest BCUT2D eigenvalue weighted by atomic mass is 32.2. The van der Waals surface area contributed by atoms with Gasteiger partial charge in [-0.3, -0.25) is 9.71 Å². The minimum absolute atomic E-state index is 0.199. The smallest absolute Gasteiger partial charge is 0.264 e. The van der Waals surface area contributed by atoms with Crippen LogP contribution < -0.4 is 4.72 Å². The third-order valence-corrected chi connectivity index (χ3v) is 6.66. The van der Waals surface area contributed by atoms with Crippen LogP contribution in [-0.2, 0) is 10.0 Å². The van der Waals surface area contributed by atoms with Crippen LogP contribution in [0.15, 0.2) is 57.0 Å². The number of nitrogens with one attached hydrogen (secondary N) is 1. The summed E-state index contributed by atoms with van der Waals surface area (Å²) < 4.78 is 28.1. The van der Waals surface area contributed by atoms with Gasteiger partial charge in [-0.05, 0) is 24.3 Å². The van der Waals surface area contributed by atoms with Gasteiger partial charge in [0.05, 0.1) is 6.04 Å². The lowest BCUT2D eigenvalue weighted by Gasteiger charge is -2.20. The van der Waals surface area contributed by atoms with E-state index in [0.717, 1.165) is 31.2 Å². The van der Waals surface area contributed by atoms with Crippen molar-refractivity contribution in [3.05, 3.63) is 53.4 Å². The van der Waals surface area contributed by atoms with Crippen molar-refractivity contribution in [1.29, 1.82) is 0 Å². The molecule has 3 rings (SSSR count). The van der Waals surface area contributed by atoms with Gasteiger partial charge in [0.2, 0.25) is 0 Å². The molecule has 1 aromatic heterocycles. The molecule has 0 atom stereocenters. The van der Waals surface area contributed by atoms with Crippen molar-refractivity contribution in [2.24, 2.45) is 4.99 Å². The largest absolute Gasteiger partial charge is 0.272 e. The van der Waals surface area contributed by atoms with Crippen LogP contribution in [0.4, 0.5) is 0 Å². The van der Waals surface area contributed by atoms with Crippen molar-refractivity contribution >= 4 is 27.2 Å².